The molecule has 0 aromatic carbocycles. The predicted molar refractivity (Wildman–Crippen MR) is 113 cm³/mol. The Bertz CT molecular complexity index is 919. The zero-order valence-electron chi connectivity index (χ0n) is 18.0. The summed E-state index contributed by atoms with van der Waals surface area (Å²) < 4.78 is 30.2. The summed E-state index contributed by atoms with van der Waals surface area (Å²) in [6, 6.07) is -0.847. The SMILES string of the molecule is CS(=O)(=O)NC(=O)C12CC1/C=C\CCCCCC(OC(N)=O)C(=O)N1CCCC1C(=O)N2. The van der Waals surface area contributed by atoms with Crippen LogP contribution in [0.4, 0.5) is 4.79 Å². The molecule has 0 aromatic heterocycles. The number of allylic oxidation sites excluding steroid dienone is 1. The van der Waals surface area contributed by atoms with Crippen LogP contribution < -0.4 is 15.8 Å². The minimum atomic E-state index is -3.81. The van der Waals surface area contributed by atoms with E-state index in [9.17, 15) is 27.6 Å². The maximum Gasteiger partial charge on any atom is 0.405 e. The van der Waals surface area contributed by atoms with Gasteiger partial charge in [-0.25, -0.2) is 13.2 Å². The molecule has 2 heterocycles. The minimum Gasteiger partial charge on any atom is -0.436 e. The highest BCUT2D eigenvalue weighted by molar-refractivity contribution is 7.89. The van der Waals surface area contributed by atoms with Gasteiger partial charge in [0.25, 0.3) is 11.8 Å². The highest BCUT2D eigenvalue weighted by Crippen LogP contribution is 2.45. The number of hydrogen-bond donors (Lipinski definition) is 3. The number of carbonyl (C=O) groups excluding carboxylic acids is 4. The van der Waals surface area contributed by atoms with Gasteiger partial charge < -0.3 is 20.7 Å². The van der Waals surface area contributed by atoms with E-state index < -0.39 is 51.5 Å². The predicted octanol–water partition coefficient (Wildman–Crippen LogP) is -0.0877. The first-order valence-corrected chi connectivity index (χ1v) is 12.7. The number of nitrogens with zero attached hydrogens (tertiary/aromatic N) is 1. The van der Waals surface area contributed by atoms with Gasteiger partial charge in [-0.15, -0.1) is 0 Å². The van der Waals surface area contributed by atoms with E-state index in [4.69, 9.17) is 10.5 Å². The summed E-state index contributed by atoms with van der Waals surface area (Å²) in [5, 5.41) is 2.71. The van der Waals surface area contributed by atoms with Crippen LogP contribution in [0.3, 0.4) is 0 Å². The van der Waals surface area contributed by atoms with Gasteiger partial charge in [0.05, 0.1) is 6.26 Å². The fraction of sp³-hybridized carbons (Fsp3) is 0.700. The van der Waals surface area contributed by atoms with E-state index in [1.165, 1.54) is 4.90 Å². The quantitative estimate of drug-likeness (QED) is 0.485. The Balaban J connectivity index is 1.86. The molecule has 0 bridgehead atoms. The van der Waals surface area contributed by atoms with E-state index in [0.29, 0.717) is 32.2 Å². The van der Waals surface area contributed by atoms with Gasteiger partial charge in [-0.05, 0) is 44.9 Å². The molecule has 178 valence electrons. The fourth-order valence-electron chi connectivity index (χ4n) is 4.43. The number of nitrogens with one attached hydrogen (secondary N) is 2. The van der Waals surface area contributed by atoms with Gasteiger partial charge in [-0.1, -0.05) is 18.6 Å². The zero-order valence-corrected chi connectivity index (χ0v) is 18.9. The first-order chi connectivity index (χ1) is 15.0. The van der Waals surface area contributed by atoms with Crippen molar-refractivity contribution in [3.63, 3.8) is 0 Å². The maximum absolute atomic E-state index is 13.1. The number of hydrogen-bond acceptors (Lipinski definition) is 7. The van der Waals surface area contributed by atoms with Crippen molar-refractivity contribution in [1.29, 1.82) is 0 Å². The van der Waals surface area contributed by atoms with E-state index in [-0.39, 0.29) is 12.3 Å². The second-order valence-corrected chi connectivity index (χ2v) is 10.4. The lowest BCUT2D eigenvalue weighted by Gasteiger charge is -2.29. The highest BCUT2D eigenvalue weighted by Gasteiger charge is 2.61. The average Bonchev–Trinajstić information content (AvgIpc) is 3.15. The third-order valence-electron chi connectivity index (χ3n) is 6.12. The number of fused-ring (bicyclic) bond motifs is 2. The molecule has 4 atom stereocenters. The standard InChI is InChI=1S/C20H30N4O7S/c1-32(29,30)23-18(27)20-12-13(20)8-5-3-2-4-6-10-15(31-19(21)28)17(26)24-11-7-9-14(24)16(25)22-20/h5,8,13-15H,2-4,6-7,9-12H2,1H3,(H2,21,28)(H,22,25)(H,23,27)/b8-5-. The van der Waals surface area contributed by atoms with Gasteiger partial charge in [0.1, 0.15) is 11.6 Å². The summed E-state index contributed by atoms with van der Waals surface area (Å²) >= 11 is 0. The topological polar surface area (TPSA) is 165 Å². The minimum absolute atomic E-state index is 0.269. The van der Waals surface area contributed by atoms with Crippen LogP contribution in [0.15, 0.2) is 12.2 Å². The number of sulfonamides is 1. The number of carbonyl (C=O) groups is 4. The van der Waals surface area contributed by atoms with Gasteiger partial charge >= 0.3 is 6.09 Å². The molecule has 3 aliphatic rings. The monoisotopic (exact) mass is 470 g/mol. The van der Waals surface area contributed by atoms with Crippen molar-refractivity contribution in [2.75, 3.05) is 12.8 Å². The Morgan fingerprint density at radius 1 is 1.22 bits per heavy atom. The number of rotatable bonds is 3. The molecule has 0 radical (unpaired) electrons. The van der Waals surface area contributed by atoms with Crippen LogP contribution >= 0.6 is 0 Å². The third kappa shape index (κ3) is 5.59. The average molecular weight is 471 g/mol. The molecule has 2 aliphatic heterocycles. The summed E-state index contributed by atoms with van der Waals surface area (Å²) in [6.07, 6.45) is 7.00. The number of nitrogens with two attached hydrogens (primary N) is 1. The van der Waals surface area contributed by atoms with Crippen LogP contribution in [0.1, 0.15) is 51.4 Å². The molecule has 11 nitrogen and oxygen atoms in total. The van der Waals surface area contributed by atoms with Crippen LogP contribution in [-0.4, -0.2) is 67.6 Å². The van der Waals surface area contributed by atoms with Crippen molar-refractivity contribution in [1.82, 2.24) is 14.9 Å². The summed E-state index contributed by atoms with van der Waals surface area (Å²) in [4.78, 5) is 51.6. The van der Waals surface area contributed by atoms with E-state index in [0.717, 1.165) is 25.5 Å². The highest BCUT2D eigenvalue weighted by atomic mass is 32.2. The summed E-state index contributed by atoms with van der Waals surface area (Å²) in [6.45, 7) is 0.307. The van der Waals surface area contributed by atoms with E-state index >= 15 is 0 Å². The molecule has 12 heteroatoms. The van der Waals surface area contributed by atoms with Crippen LogP contribution in [0.5, 0.6) is 0 Å². The largest absolute Gasteiger partial charge is 0.436 e. The van der Waals surface area contributed by atoms with Crippen molar-refractivity contribution >= 4 is 33.8 Å². The van der Waals surface area contributed by atoms with Crippen LogP contribution in [-0.2, 0) is 29.1 Å². The molecule has 0 aromatic rings. The number of amides is 4. The van der Waals surface area contributed by atoms with Crippen LogP contribution in [0.25, 0.3) is 0 Å². The normalized spacial score (nSPS) is 32.4. The summed E-state index contributed by atoms with van der Waals surface area (Å²) in [7, 11) is -3.81. The van der Waals surface area contributed by atoms with E-state index in [1.807, 2.05) is 16.9 Å². The van der Waals surface area contributed by atoms with Crippen molar-refractivity contribution in [3.05, 3.63) is 12.2 Å². The lowest BCUT2D eigenvalue weighted by Crippen LogP contribution is -2.57. The van der Waals surface area contributed by atoms with Crippen LogP contribution in [0.2, 0.25) is 0 Å². The van der Waals surface area contributed by atoms with Gasteiger partial charge in [-0.2, -0.15) is 0 Å². The molecule has 0 spiro atoms. The molecule has 4 N–H and O–H groups in total. The second kappa shape index (κ2) is 9.47. The molecule has 4 amide bonds. The Morgan fingerprint density at radius 2 is 1.97 bits per heavy atom. The smallest absolute Gasteiger partial charge is 0.405 e. The van der Waals surface area contributed by atoms with Crippen molar-refractivity contribution in [2.24, 2.45) is 11.7 Å². The van der Waals surface area contributed by atoms with E-state index in [2.05, 4.69) is 5.32 Å². The molecule has 2 fully saturated rings. The third-order valence-corrected chi connectivity index (χ3v) is 6.68. The summed E-state index contributed by atoms with van der Waals surface area (Å²) in [5.41, 5.74) is 3.77. The molecular formula is C20H30N4O7S. The van der Waals surface area contributed by atoms with Gasteiger partial charge in [0.2, 0.25) is 15.9 Å². The van der Waals surface area contributed by atoms with Gasteiger partial charge in [0.15, 0.2) is 6.10 Å². The lowest BCUT2D eigenvalue weighted by atomic mass is 10.1. The zero-order chi connectivity index (χ0) is 23.5. The maximum atomic E-state index is 13.1. The van der Waals surface area contributed by atoms with Crippen molar-refractivity contribution in [2.45, 2.75) is 69.1 Å². The molecule has 1 saturated heterocycles. The number of primary amides is 1. The Kier molecular flexibility index (Phi) is 7.11. The van der Waals surface area contributed by atoms with E-state index in [1.54, 1.807) is 0 Å². The molecule has 32 heavy (non-hydrogen) atoms. The molecular weight excluding hydrogens is 440 g/mol. The fourth-order valence-corrected chi connectivity index (χ4v) is 4.95. The van der Waals surface area contributed by atoms with Gasteiger partial charge in [-0.3, -0.25) is 19.1 Å². The number of ether oxygens (including phenoxy) is 1. The Labute approximate surface area is 187 Å². The Hall–Kier alpha value is -2.63. The van der Waals surface area contributed by atoms with Crippen molar-refractivity contribution < 1.29 is 32.3 Å². The summed E-state index contributed by atoms with van der Waals surface area (Å²) in [5.74, 6) is -2.16. The first-order valence-electron chi connectivity index (χ1n) is 10.8. The second-order valence-electron chi connectivity index (χ2n) is 8.66. The van der Waals surface area contributed by atoms with Crippen molar-refractivity contribution in [3.8, 4) is 0 Å². The lowest BCUT2D eigenvalue weighted by molar-refractivity contribution is -0.146. The Morgan fingerprint density at radius 3 is 2.66 bits per heavy atom. The van der Waals surface area contributed by atoms with Crippen LogP contribution in [0, 0.1) is 5.92 Å². The van der Waals surface area contributed by atoms with Gasteiger partial charge in [0, 0.05) is 12.5 Å². The molecule has 4 unspecified atom stereocenters. The molecule has 3 rings (SSSR count). The first kappa shape index (κ1) is 24.0. The molecule has 1 aliphatic carbocycles. The molecule has 1 saturated carbocycles.